The number of carbonyl (C=O) groups is 2. The Morgan fingerprint density at radius 3 is 2.00 bits per heavy atom. The maximum atomic E-state index is 13.1. The highest BCUT2D eigenvalue weighted by atomic mass is 19.2. The van der Waals surface area contributed by atoms with Crippen molar-refractivity contribution < 1.29 is 18.4 Å². The van der Waals surface area contributed by atoms with Crippen molar-refractivity contribution in [3.8, 4) is 6.07 Å². The normalized spacial score (nSPS) is 19.3. The average Bonchev–Trinajstić information content (AvgIpc) is 3.18. The Hall–Kier alpha value is -2.29. The second-order valence-corrected chi connectivity index (χ2v) is 4.70. The van der Waals surface area contributed by atoms with Gasteiger partial charge in [-0.3, -0.25) is 14.5 Å². The van der Waals surface area contributed by atoms with Crippen LogP contribution >= 0.6 is 0 Å². The lowest BCUT2D eigenvalue weighted by molar-refractivity contribution is 0.0605. The fourth-order valence-corrected chi connectivity index (χ4v) is 2.29. The molecular formula is C13H8F2N2O2. The van der Waals surface area contributed by atoms with Crippen LogP contribution in [0.15, 0.2) is 12.1 Å². The molecule has 0 bridgehead atoms. The molecule has 4 nitrogen and oxygen atoms in total. The van der Waals surface area contributed by atoms with Crippen LogP contribution in [0.5, 0.6) is 0 Å². The molecule has 2 aliphatic rings. The van der Waals surface area contributed by atoms with E-state index in [2.05, 4.69) is 0 Å². The summed E-state index contributed by atoms with van der Waals surface area (Å²) in [5.74, 6) is -3.83. The quantitative estimate of drug-likeness (QED) is 0.764. The zero-order valence-electron chi connectivity index (χ0n) is 9.69. The number of halogens is 2. The Balaban J connectivity index is 2.07. The number of rotatable bonds is 2. The number of amides is 2. The predicted molar refractivity (Wildman–Crippen MR) is 59.0 cm³/mol. The molecule has 1 aliphatic heterocycles. The Labute approximate surface area is 107 Å². The van der Waals surface area contributed by atoms with Gasteiger partial charge in [0.05, 0.1) is 17.2 Å². The first kappa shape index (κ1) is 11.8. The number of hydrogen-bond donors (Lipinski definition) is 0. The van der Waals surface area contributed by atoms with Crippen LogP contribution in [0.4, 0.5) is 8.78 Å². The minimum atomic E-state index is -1.18. The van der Waals surface area contributed by atoms with Gasteiger partial charge in [0, 0.05) is 0 Å². The van der Waals surface area contributed by atoms with Gasteiger partial charge in [0.15, 0.2) is 11.6 Å². The first-order valence-corrected chi connectivity index (χ1v) is 5.81. The van der Waals surface area contributed by atoms with Gasteiger partial charge in [-0.1, -0.05) is 0 Å². The predicted octanol–water partition coefficient (Wildman–Crippen LogP) is 1.86. The zero-order chi connectivity index (χ0) is 13.7. The second kappa shape index (κ2) is 3.85. The molecule has 0 aromatic heterocycles. The van der Waals surface area contributed by atoms with Crippen molar-refractivity contribution in [1.29, 1.82) is 5.26 Å². The van der Waals surface area contributed by atoms with E-state index in [9.17, 15) is 18.4 Å². The van der Waals surface area contributed by atoms with Gasteiger partial charge in [0.2, 0.25) is 0 Å². The number of carbonyl (C=O) groups excluding carboxylic acids is 2. The Morgan fingerprint density at radius 1 is 1.16 bits per heavy atom. The van der Waals surface area contributed by atoms with Crippen LogP contribution in [0.3, 0.4) is 0 Å². The van der Waals surface area contributed by atoms with E-state index in [4.69, 9.17) is 5.26 Å². The number of fused-ring (bicyclic) bond motifs is 1. The molecule has 0 spiro atoms. The van der Waals surface area contributed by atoms with Crippen molar-refractivity contribution >= 4 is 11.8 Å². The summed E-state index contributed by atoms with van der Waals surface area (Å²) in [7, 11) is 0. The molecule has 2 amide bonds. The number of nitrogens with zero attached hydrogens (tertiary/aromatic N) is 2. The van der Waals surface area contributed by atoms with Gasteiger partial charge >= 0.3 is 0 Å². The van der Waals surface area contributed by atoms with E-state index in [-0.39, 0.29) is 17.0 Å². The molecule has 1 saturated carbocycles. The summed E-state index contributed by atoms with van der Waals surface area (Å²) >= 11 is 0. The average molecular weight is 262 g/mol. The van der Waals surface area contributed by atoms with Gasteiger partial charge < -0.3 is 0 Å². The first-order chi connectivity index (χ1) is 9.04. The summed E-state index contributed by atoms with van der Waals surface area (Å²) < 4.78 is 26.3. The SMILES string of the molecule is N#CC(C1CC1)N1C(=O)c2cc(F)c(F)cc2C1=O. The van der Waals surface area contributed by atoms with Crippen molar-refractivity contribution in [3.63, 3.8) is 0 Å². The fraction of sp³-hybridized carbons (Fsp3) is 0.308. The minimum Gasteiger partial charge on any atom is -0.269 e. The minimum absolute atomic E-state index is 0.0260. The highest BCUT2D eigenvalue weighted by Gasteiger charge is 2.46. The standard InChI is InChI=1S/C13H8F2N2O2/c14-9-3-7-8(4-10(9)15)13(19)17(12(7)18)11(5-16)6-1-2-6/h3-4,6,11H,1-2H2. The first-order valence-electron chi connectivity index (χ1n) is 5.81. The van der Waals surface area contributed by atoms with Crippen LogP contribution in [-0.4, -0.2) is 22.8 Å². The molecule has 1 unspecified atom stereocenters. The molecule has 3 rings (SSSR count). The van der Waals surface area contributed by atoms with E-state index in [1.54, 1.807) is 0 Å². The molecule has 1 heterocycles. The van der Waals surface area contributed by atoms with Crippen LogP contribution in [0, 0.1) is 28.9 Å². The third kappa shape index (κ3) is 1.62. The highest BCUT2D eigenvalue weighted by molar-refractivity contribution is 6.21. The van der Waals surface area contributed by atoms with Crippen LogP contribution in [0.25, 0.3) is 0 Å². The van der Waals surface area contributed by atoms with E-state index in [1.165, 1.54) is 0 Å². The van der Waals surface area contributed by atoms with Gasteiger partial charge in [0.25, 0.3) is 11.8 Å². The number of benzene rings is 1. The molecule has 96 valence electrons. The number of hydrogen-bond acceptors (Lipinski definition) is 3. The van der Waals surface area contributed by atoms with Crippen molar-refractivity contribution in [3.05, 3.63) is 34.9 Å². The lowest BCUT2D eigenvalue weighted by Gasteiger charge is -2.19. The van der Waals surface area contributed by atoms with E-state index >= 15 is 0 Å². The molecule has 0 N–H and O–H groups in total. The monoisotopic (exact) mass is 262 g/mol. The van der Waals surface area contributed by atoms with Crippen molar-refractivity contribution in [2.24, 2.45) is 5.92 Å². The summed E-state index contributed by atoms with van der Waals surface area (Å²) in [6, 6.07) is 2.51. The molecule has 0 saturated heterocycles. The Bertz CT molecular complexity index is 606. The van der Waals surface area contributed by atoms with Gasteiger partial charge in [0.1, 0.15) is 6.04 Å². The van der Waals surface area contributed by atoms with Crippen molar-refractivity contribution in [2.45, 2.75) is 18.9 Å². The van der Waals surface area contributed by atoms with Gasteiger partial charge in [-0.25, -0.2) is 8.78 Å². The zero-order valence-corrected chi connectivity index (χ0v) is 9.69. The van der Waals surface area contributed by atoms with Crippen LogP contribution < -0.4 is 0 Å². The summed E-state index contributed by atoms with van der Waals surface area (Å²) in [6.07, 6.45) is 1.54. The summed E-state index contributed by atoms with van der Waals surface area (Å²) in [5.41, 5.74) is -0.352. The molecular weight excluding hydrogens is 254 g/mol. The second-order valence-electron chi connectivity index (χ2n) is 4.70. The van der Waals surface area contributed by atoms with Crippen molar-refractivity contribution in [1.82, 2.24) is 4.90 Å². The summed E-state index contributed by atoms with van der Waals surface area (Å²) in [4.78, 5) is 25.0. The van der Waals surface area contributed by atoms with Crippen LogP contribution in [0.2, 0.25) is 0 Å². The molecule has 19 heavy (non-hydrogen) atoms. The van der Waals surface area contributed by atoms with Gasteiger partial charge in [-0.05, 0) is 30.9 Å². The smallest absolute Gasteiger partial charge is 0.262 e. The molecule has 1 aromatic rings. The highest BCUT2D eigenvalue weighted by Crippen LogP contribution is 2.38. The van der Waals surface area contributed by atoms with Crippen molar-refractivity contribution in [2.75, 3.05) is 0 Å². The summed E-state index contributed by atoms with van der Waals surface area (Å²) in [5, 5.41) is 9.08. The van der Waals surface area contributed by atoms with E-state index in [1.807, 2.05) is 6.07 Å². The van der Waals surface area contributed by atoms with Gasteiger partial charge in [-0.15, -0.1) is 0 Å². The Kier molecular flexibility index (Phi) is 2.39. The molecule has 1 aliphatic carbocycles. The number of nitriles is 1. The largest absolute Gasteiger partial charge is 0.269 e. The summed E-state index contributed by atoms with van der Waals surface area (Å²) in [6.45, 7) is 0. The molecule has 0 radical (unpaired) electrons. The molecule has 1 aromatic carbocycles. The van der Waals surface area contributed by atoms with Crippen LogP contribution in [0.1, 0.15) is 33.6 Å². The van der Waals surface area contributed by atoms with Gasteiger partial charge in [-0.2, -0.15) is 5.26 Å². The lowest BCUT2D eigenvalue weighted by Crippen LogP contribution is -2.40. The topological polar surface area (TPSA) is 61.2 Å². The van der Waals surface area contributed by atoms with E-state index in [0.717, 1.165) is 17.7 Å². The number of imide groups is 1. The van der Waals surface area contributed by atoms with E-state index in [0.29, 0.717) is 12.1 Å². The molecule has 1 atom stereocenters. The third-order valence-electron chi connectivity index (χ3n) is 3.44. The fourth-order valence-electron chi connectivity index (χ4n) is 2.29. The van der Waals surface area contributed by atoms with Crippen LogP contribution in [-0.2, 0) is 0 Å². The molecule has 1 fully saturated rings. The maximum absolute atomic E-state index is 13.1. The molecule has 6 heteroatoms. The lowest BCUT2D eigenvalue weighted by atomic mass is 10.1. The third-order valence-corrected chi connectivity index (χ3v) is 3.44. The van der Waals surface area contributed by atoms with E-state index < -0.39 is 29.5 Å². The Morgan fingerprint density at radius 2 is 1.63 bits per heavy atom. The maximum Gasteiger partial charge on any atom is 0.262 e.